The Labute approximate surface area is 62.5 Å². The molecule has 0 radical (unpaired) electrons. The zero-order valence-corrected chi connectivity index (χ0v) is 6.55. The van der Waals surface area contributed by atoms with E-state index in [-0.39, 0.29) is 6.61 Å². The molecule has 0 aromatic carbocycles. The van der Waals surface area contributed by atoms with Crippen LogP contribution in [-0.2, 0) is 4.74 Å². The van der Waals surface area contributed by atoms with E-state index in [1.807, 2.05) is 0 Å². The number of aliphatic hydroxyl groups excluding tert-OH is 1. The van der Waals surface area contributed by atoms with Crippen molar-refractivity contribution >= 4 is 0 Å². The largest absolute Gasteiger partial charge is 0.501 e. The van der Waals surface area contributed by atoms with Gasteiger partial charge in [0.2, 0.25) is 0 Å². The van der Waals surface area contributed by atoms with Crippen molar-refractivity contribution in [2.45, 2.75) is 26.2 Å². The van der Waals surface area contributed by atoms with Gasteiger partial charge in [0.1, 0.15) is 0 Å². The van der Waals surface area contributed by atoms with Crippen LogP contribution in [0.15, 0.2) is 12.3 Å². The highest BCUT2D eigenvalue weighted by molar-refractivity contribution is 4.70. The summed E-state index contributed by atoms with van der Waals surface area (Å²) < 4.78 is 5.04. The SMILES string of the molecule is CCCCCOC=CCO. The monoisotopic (exact) mass is 144 g/mol. The number of ether oxygens (including phenoxy) is 1. The van der Waals surface area contributed by atoms with Gasteiger partial charge in [0.05, 0.1) is 19.5 Å². The third-order valence-electron chi connectivity index (χ3n) is 1.16. The molecule has 0 bridgehead atoms. The Hall–Kier alpha value is -0.500. The molecule has 0 aliphatic carbocycles. The molecule has 1 N–H and O–H groups in total. The third-order valence-corrected chi connectivity index (χ3v) is 1.16. The molecule has 0 rings (SSSR count). The molecule has 0 saturated carbocycles. The Morgan fingerprint density at radius 3 is 2.80 bits per heavy atom. The predicted molar refractivity (Wildman–Crippen MR) is 41.7 cm³/mol. The van der Waals surface area contributed by atoms with Crippen LogP contribution in [-0.4, -0.2) is 18.3 Å². The lowest BCUT2D eigenvalue weighted by Crippen LogP contribution is -1.86. The summed E-state index contributed by atoms with van der Waals surface area (Å²) in [5, 5.41) is 8.30. The Kier molecular flexibility index (Phi) is 8.07. The van der Waals surface area contributed by atoms with E-state index in [0.29, 0.717) is 0 Å². The van der Waals surface area contributed by atoms with Gasteiger partial charge >= 0.3 is 0 Å². The molecular weight excluding hydrogens is 128 g/mol. The summed E-state index contributed by atoms with van der Waals surface area (Å²) in [6.45, 7) is 2.99. The van der Waals surface area contributed by atoms with Gasteiger partial charge in [-0.1, -0.05) is 19.8 Å². The second-order valence-corrected chi connectivity index (χ2v) is 2.13. The minimum absolute atomic E-state index is 0.0633. The molecule has 0 unspecified atom stereocenters. The fourth-order valence-electron chi connectivity index (χ4n) is 0.615. The first-order valence-corrected chi connectivity index (χ1v) is 3.79. The average Bonchev–Trinajstić information content (AvgIpc) is 1.97. The van der Waals surface area contributed by atoms with Crippen LogP contribution in [0, 0.1) is 0 Å². The van der Waals surface area contributed by atoms with Gasteiger partial charge in [-0.3, -0.25) is 0 Å². The van der Waals surface area contributed by atoms with E-state index in [0.717, 1.165) is 13.0 Å². The Bertz CT molecular complexity index is 79.3. The Morgan fingerprint density at radius 2 is 2.20 bits per heavy atom. The lowest BCUT2D eigenvalue weighted by Gasteiger charge is -1.97. The van der Waals surface area contributed by atoms with Crippen LogP contribution in [0.25, 0.3) is 0 Å². The molecule has 2 heteroatoms. The Morgan fingerprint density at radius 1 is 1.40 bits per heavy atom. The van der Waals surface area contributed by atoms with Gasteiger partial charge in [-0.2, -0.15) is 0 Å². The lowest BCUT2D eigenvalue weighted by molar-refractivity contribution is 0.236. The highest BCUT2D eigenvalue weighted by Gasteiger charge is 1.82. The quantitative estimate of drug-likeness (QED) is 0.454. The maximum atomic E-state index is 8.30. The van der Waals surface area contributed by atoms with Crippen molar-refractivity contribution in [1.82, 2.24) is 0 Å². The second kappa shape index (κ2) is 8.50. The summed E-state index contributed by atoms with van der Waals surface area (Å²) in [6, 6.07) is 0. The van der Waals surface area contributed by atoms with Crippen molar-refractivity contribution in [3.8, 4) is 0 Å². The molecule has 10 heavy (non-hydrogen) atoms. The molecule has 0 fully saturated rings. The van der Waals surface area contributed by atoms with Crippen LogP contribution < -0.4 is 0 Å². The summed E-state index contributed by atoms with van der Waals surface area (Å²) in [7, 11) is 0. The van der Waals surface area contributed by atoms with Crippen LogP contribution >= 0.6 is 0 Å². The maximum Gasteiger partial charge on any atom is 0.0873 e. The van der Waals surface area contributed by atoms with Gasteiger partial charge in [-0.05, 0) is 12.5 Å². The van der Waals surface area contributed by atoms with Crippen LogP contribution in [0.1, 0.15) is 26.2 Å². The molecule has 0 aromatic rings. The summed E-state index contributed by atoms with van der Waals surface area (Å²) in [6.07, 6.45) is 6.67. The molecule has 0 aromatic heterocycles. The molecule has 0 amide bonds. The number of unbranched alkanes of at least 4 members (excludes halogenated alkanes) is 2. The molecule has 0 atom stereocenters. The minimum Gasteiger partial charge on any atom is -0.501 e. The first-order valence-electron chi connectivity index (χ1n) is 3.79. The highest BCUT2D eigenvalue weighted by Crippen LogP contribution is 1.93. The predicted octanol–water partition coefficient (Wildman–Crippen LogP) is 1.70. The van der Waals surface area contributed by atoms with Gasteiger partial charge in [-0.15, -0.1) is 0 Å². The molecule has 0 aliphatic rings. The van der Waals surface area contributed by atoms with Crippen molar-refractivity contribution < 1.29 is 9.84 Å². The van der Waals surface area contributed by atoms with Gasteiger partial charge in [0, 0.05) is 0 Å². The van der Waals surface area contributed by atoms with E-state index in [9.17, 15) is 0 Å². The number of hydrogen-bond acceptors (Lipinski definition) is 2. The van der Waals surface area contributed by atoms with Crippen molar-refractivity contribution in [3.05, 3.63) is 12.3 Å². The molecular formula is C8H16O2. The van der Waals surface area contributed by atoms with E-state index < -0.39 is 0 Å². The molecule has 0 spiro atoms. The molecule has 0 saturated heterocycles. The standard InChI is InChI=1S/C8H16O2/c1-2-3-4-7-10-8-5-6-9/h5,8-9H,2-4,6-7H2,1H3. The number of rotatable bonds is 6. The summed E-state index contributed by atoms with van der Waals surface area (Å²) in [4.78, 5) is 0. The topological polar surface area (TPSA) is 29.5 Å². The smallest absolute Gasteiger partial charge is 0.0873 e. The lowest BCUT2D eigenvalue weighted by atomic mass is 10.3. The zero-order valence-electron chi connectivity index (χ0n) is 6.55. The van der Waals surface area contributed by atoms with Crippen molar-refractivity contribution in [2.24, 2.45) is 0 Å². The van der Waals surface area contributed by atoms with Gasteiger partial charge in [0.15, 0.2) is 0 Å². The fraction of sp³-hybridized carbons (Fsp3) is 0.750. The Balaban J connectivity index is 2.83. The normalized spacial score (nSPS) is 10.6. The van der Waals surface area contributed by atoms with E-state index in [2.05, 4.69) is 6.92 Å². The van der Waals surface area contributed by atoms with Crippen LogP contribution in [0.3, 0.4) is 0 Å². The van der Waals surface area contributed by atoms with E-state index >= 15 is 0 Å². The summed E-state index contributed by atoms with van der Waals surface area (Å²) in [5.74, 6) is 0. The van der Waals surface area contributed by atoms with Gasteiger partial charge in [-0.25, -0.2) is 0 Å². The van der Waals surface area contributed by atoms with E-state index in [1.165, 1.54) is 12.8 Å². The van der Waals surface area contributed by atoms with Crippen LogP contribution in [0.4, 0.5) is 0 Å². The van der Waals surface area contributed by atoms with Crippen LogP contribution in [0.2, 0.25) is 0 Å². The average molecular weight is 144 g/mol. The number of aliphatic hydroxyl groups is 1. The van der Waals surface area contributed by atoms with E-state index in [4.69, 9.17) is 9.84 Å². The molecule has 0 heterocycles. The maximum absolute atomic E-state index is 8.30. The zero-order chi connectivity index (χ0) is 7.66. The molecule has 60 valence electrons. The second-order valence-electron chi connectivity index (χ2n) is 2.13. The van der Waals surface area contributed by atoms with E-state index in [1.54, 1.807) is 12.3 Å². The first kappa shape index (κ1) is 9.50. The minimum atomic E-state index is 0.0633. The van der Waals surface area contributed by atoms with Crippen molar-refractivity contribution in [2.75, 3.05) is 13.2 Å². The van der Waals surface area contributed by atoms with Gasteiger partial charge in [0.25, 0.3) is 0 Å². The van der Waals surface area contributed by atoms with Gasteiger partial charge < -0.3 is 9.84 Å². The fourth-order valence-corrected chi connectivity index (χ4v) is 0.615. The first-order chi connectivity index (χ1) is 4.91. The van der Waals surface area contributed by atoms with Crippen LogP contribution in [0.5, 0.6) is 0 Å². The number of hydrogen-bond donors (Lipinski definition) is 1. The van der Waals surface area contributed by atoms with Crippen molar-refractivity contribution in [1.29, 1.82) is 0 Å². The molecule has 2 nitrogen and oxygen atoms in total. The molecule has 0 aliphatic heterocycles. The van der Waals surface area contributed by atoms with Crippen molar-refractivity contribution in [3.63, 3.8) is 0 Å². The third kappa shape index (κ3) is 7.50. The summed E-state index contributed by atoms with van der Waals surface area (Å²) in [5.41, 5.74) is 0. The summed E-state index contributed by atoms with van der Waals surface area (Å²) >= 11 is 0. The highest BCUT2D eigenvalue weighted by atomic mass is 16.5.